The van der Waals surface area contributed by atoms with E-state index in [0.29, 0.717) is 22.7 Å². The molecule has 3 rings (SSSR count). The molecule has 21 heavy (non-hydrogen) atoms. The summed E-state index contributed by atoms with van der Waals surface area (Å²) in [5.41, 5.74) is 1.67. The summed E-state index contributed by atoms with van der Waals surface area (Å²) in [7, 11) is 1.55. The molecule has 1 atom stereocenters. The fourth-order valence-electron chi connectivity index (χ4n) is 1.73. The fraction of sp³-hybridized carbons (Fsp3) is 0.0769. The number of allylic oxidation sites excluding steroid dienone is 2. The zero-order valence-electron chi connectivity index (χ0n) is 11.0. The van der Waals surface area contributed by atoms with Gasteiger partial charge in [0, 0.05) is 12.6 Å². The summed E-state index contributed by atoms with van der Waals surface area (Å²) in [5, 5.41) is 9.47. The van der Waals surface area contributed by atoms with Crippen LogP contribution >= 0.6 is 11.3 Å². The summed E-state index contributed by atoms with van der Waals surface area (Å²) in [4.78, 5) is 11.0. The lowest BCUT2D eigenvalue weighted by Crippen LogP contribution is -2.25. The van der Waals surface area contributed by atoms with Gasteiger partial charge in [-0.15, -0.1) is 10.2 Å². The molecule has 1 unspecified atom stereocenters. The molecule has 0 saturated heterocycles. The monoisotopic (exact) mass is 318 g/mol. The molecular formula is C13H10N4O2S2. The summed E-state index contributed by atoms with van der Waals surface area (Å²) < 4.78 is 17.2. The van der Waals surface area contributed by atoms with Crippen molar-refractivity contribution in [2.45, 2.75) is 0 Å². The molecule has 1 aromatic heterocycles. The Morgan fingerprint density at radius 1 is 1.19 bits per heavy atom. The van der Waals surface area contributed by atoms with Crippen molar-refractivity contribution in [3.05, 3.63) is 47.1 Å². The number of aromatic nitrogens is 2. The van der Waals surface area contributed by atoms with Crippen LogP contribution in [0.15, 0.2) is 46.5 Å². The van der Waals surface area contributed by atoms with Gasteiger partial charge in [-0.1, -0.05) is 41.7 Å². The van der Waals surface area contributed by atoms with Crippen LogP contribution in [0.2, 0.25) is 0 Å². The largest absolute Gasteiger partial charge is 0.296 e. The molecule has 0 fully saturated rings. The summed E-state index contributed by atoms with van der Waals surface area (Å²) in [6.07, 6.45) is 2.20. The minimum atomic E-state index is -1.62. The first kappa shape index (κ1) is 13.8. The Labute approximate surface area is 127 Å². The number of hydrogen-bond donors (Lipinski definition) is 0. The van der Waals surface area contributed by atoms with Gasteiger partial charge < -0.3 is 0 Å². The van der Waals surface area contributed by atoms with Gasteiger partial charge in [-0.25, -0.2) is 4.21 Å². The second kappa shape index (κ2) is 5.66. The van der Waals surface area contributed by atoms with Gasteiger partial charge in [0.25, 0.3) is 0 Å². The number of carbonyl (C=O) groups is 1. The molecule has 0 bridgehead atoms. The van der Waals surface area contributed by atoms with E-state index in [9.17, 15) is 9.00 Å². The Morgan fingerprint density at radius 2 is 1.90 bits per heavy atom. The first-order valence-corrected chi connectivity index (χ1v) is 7.87. The fourth-order valence-corrected chi connectivity index (χ4v) is 3.30. The average molecular weight is 318 g/mol. The maximum atomic E-state index is 11.8. The zero-order chi connectivity index (χ0) is 14.8. The SMILES string of the molecule is CN1C(C=O)=CC(c2nnc(-c3ccccc3)s2)=NS1=O. The smallest absolute Gasteiger partial charge is 0.246 e. The van der Waals surface area contributed by atoms with E-state index < -0.39 is 11.2 Å². The van der Waals surface area contributed by atoms with Crippen LogP contribution in [0.1, 0.15) is 5.01 Å². The standard InChI is InChI=1S/C13H10N4O2S2/c1-17-10(8-18)7-11(16-21(17)19)13-15-14-12(20-13)9-5-3-2-4-6-9/h2-8H,1H3. The molecule has 1 aliphatic heterocycles. The molecule has 2 heterocycles. The third kappa shape index (κ3) is 2.67. The van der Waals surface area contributed by atoms with Crippen molar-refractivity contribution in [2.75, 3.05) is 7.05 Å². The summed E-state index contributed by atoms with van der Waals surface area (Å²) in [6.45, 7) is 0. The van der Waals surface area contributed by atoms with Crippen LogP contribution in [0.3, 0.4) is 0 Å². The van der Waals surface area contributed by atoms with Gasteiger partial charge in [-0.05, 0) is 6.08 Å². The first-order valence-electron chi connectivity index (χ1n) is 5.99. The number of carbonyl (C=O) groups excluding carboxylic acids is 1. The third-order valence-corrected chi connectivity index (χ3v) is 4.87. The second-order valence-electron chi connectivity index (χ2n) is 4.17. The molecular weight excluding hydrogens is 308 g/mol. The number of benzene rings is 1. The number of aldehydes is 1. The Balaban J connectivity index is 1.97. The van der Waals surface area contributed by atoms with Crippen LogP contribution in [0.5, 0.6) is 0 Å². The van der Waals surface area contributed by atoms with Crippen molar-refractivity contribution in [2.24, 2.45) is 4.40 Å². The van der Waals surface area contributed by atoms with Crippen molar-refractivity contribution < 1.29 is 9.00 Å². The number of nitrogens with zero attached hydrogens (tertiary/aromatic N) is 4. The molecule has 0 spiro atoms. The van der Waals surface area contributed by atoms with Gasteiger partial charge in [0.2, 0.25) is 11.2 Å². The average Bonchev–Trinajstić information content (AvgIpc) is 3.00. The maximum Gasteiger partial charge on any atom is 0.246 e. The van der Waals surface area contributed by atoms with E-state index >= 15 is 0 Å². The zero-order valence-corrected chi connectivity index (χ0v) is 12.6. The molecule has 0 N–H and O–H groups in total. The highest BCUT2D eigenvalue weighted by atomic mass is 32.2. The first-order chi connectivity index (χ1) is 10.2. The van der Waals surface area contributed by atoms with Crippen molar-refractivity contribution >= 4 is 34.5 Å². The molecule has 8 heteroatoms. The van der Waals surface area contributed by atoms with Crippen LogP contribution in [0.25, 0.3) is 10.6 Å². The molecule has 0 amide bonds. The van der Waals surface area contributed by atoms with E-state index in [4.69, 9.17) is 0 Å². The van der Waals surface area contributed by atoms with Crippen LogP contribution in [-0.4, -0.2) is 37.8 Å². The quantitative estimate of drug-likeness (QED) is 0.806. The molecule has 1 aliphatic rings. The van der Waals surface area contributed by atoms with Gasteiger partial charge in [0.15, 0.2) is 11.3 Å². The molecule has 2 aromatic rings. The van der Waals surface area contributed by atoms with Crippen molar-refractivity contribution in [1.82, 2.24) is 14.5 Å². The van der Waals surface area contributed by atoms with E-state index in [1.54, 1.807) is 13.1 Å². The molecule has 106 valence electrons. The molecule has 0 radical (unpaired) electrons. The van der Waals surface area contributed by atoms with Crippen molar-refractivity contribution in [1.29, 1.82) is 0 Å². The van der Waals surface area contributed by atoms with Gasteiger partial charge in [-0.3, -0.25) is 9.10 Å². The summed E-state index contributed by atoms with van der Waals surface area (Å²) >= 11 is -0.278. The lowest BCUT2D eigenvalue weighted by atomic mass is 10.2. The Kier molecular flexibility index (Phi) is 3.72. The van der Waals surface area contributed by atoms with E-state index in [1.165, 1.54) is 15.6 Å². The van der Waals surface area contributed by atoms with E-state index in [0.717, 1.165) is 10.6 Å². The Bertz CT molecular complexity index is 767. The molecule has 0 aliphatic carbocycles. The second-order valence-corrected chi connectivity index (χ2v) is 6.34. The third-order valence-electron chi connectivity index (χ3n) is 2.84. The van der Waals surface area contributed by atoms with E-state index in [2.05, 4.69) is 14.6 Å². The van der Waals surface area contributed by atoms with Crippen LogP contribution < -0.4 is 0 Å². The minimum absolute atomic E-state index is 0.301. The van der Waals surface area contributed by atoms with Crippen LogP contribution in [0, 0.1) is 0 Å². The highest BCUT2D eigenvalue weighted by Crippen LogP contribution is 2.25. The van der Waals surface area contributed by atoms with Crippen molar-refractivity contribution in [3.8, 4) is 10.6 Å². The number of hydrogen-bond acceptors (Lipinski definition) is 5. The van der Waals surface area contributed by atoms with E-state index in [-0.39, 0.29) is 0 Å². The molecule has 6 nitrogen and oxygen atoms in total. The molecule has 0 saturated carbocycles. The summed E-state index contributed by atoms with van der Waals surface area (Å²) in [6, 6.07) is 9.64. The van der Waals surface area contributed by atoms with Gasteiger partial charge in [0.05, 0.1) is 5.70 Å². The van der Waals surface area contributed by atoms with E-state index in [1.807, 2.05) is 30.3 Å². The van der Waals surface area contributed by atoms with Gasteiger partial charge in [-0.2, -0.15) is 4.40 Å². The van der Waals surface area contributed by atoms with Gasteiger partial charge >= 0.3 is 0 Å². The maximum absolute atomic E-state index is 11.8. The number of rotatable bonds is 3. The predicted molar refractivity (Wildman–Crippen MR) is 81.9 cm³/mol. The topological polar surface area (TPSA) is 75.5 Å². The highest BCUT2D eigenvalue weighted by Gasteiger charge is 2.21. The summed E-state index contributed by atoms with van der Waals surface area (Å²) in [5.74, 6) is 0. The highest BCUT2D eigenvalue weighted by molar-refractivity contribution is 7.81. The Morgan fingerprint density at radius 3 is 2.62 bits per heavy atom. The molecule has 1 aromatic carbocycles. The Hall–Kier alpha value is -2.19. The van der Waals surface area contributed by atoms with Crippen LogP contribution in [-0.2, 0) is 16.0 Å². The normalized spacial score (nSPS) is 18.1. The predicted octanol–water partition coefficient (Wildman–Crippen LogP) is 1.60. The minimum Gasteiger partial charge on any atom is -0.296 e. The van der Waals surface area contributed by atoms with Gasteiger partial charge in [0.1, 0.15) is 10.7 Å². The van der Waals surface area contributed by atoms with Crippen molar-refractivity contribution in [3.63, 3.8) is 0 Å². The lowest BCUT2D eigenvalue weighted by Gasteiger charge is -2.18. The number of likely N-dealkylation sites (N-methyl/N-ethyl adjacent to an activating group) is 1. The van der Waals surface area contributed by atoms with Crippen LogP contribution in [0.4, 0.5) is 0 Å². The lowest BCUT2D eigenvalue weighted by molar-refractivity contribution is -0.105.